The van der Waals surface area contributed by atoms with E-state index in [1.807, 2.05) is 0 Å². The molecule has 84 valence electrons. The molecule has 2 saturated heterocycles. The number of amides is 2. The standard InChI is InChI=1S/C10H17N3O2/c1-12(2)13-8(14)7-10(9(13)15)3-5-11-6-4-10/h11H,3-7H2,1-2H3. The first-order valence-electron chi connectivity index (χ1n) is 5.32. The van der Waals surface area contributed by atoms with Crippen LogP contribution >= 0.6 is 0 Å². The van der Waals surface area contributed by atoms with Gasteiger partial charge in [0.1, 0.15) is 0 Å². The second-order valence-electron chi connectivity index (χ2n) is 4.57. The number of nitrogens with zero attached hydrogens (tertiary/aromatic N) is 2. The fourth-order valence-electron chi connectivity index (χ4n) is 2.48. The second-order valence-corrected chi connectivity index (χ2v) is 4.57. The number of nitrogens with one attached hydrogen (secondary N) is 1. The Labute approximate surface area is 89.4 Å². The zero-order valence-corrected chi connectivity index (χ0v) is 9.25. The molecular weight excluding hydrogens is 194 g/mol. The number of hydrogen-bond donors (Lipinski definition) is 1. The van der Waals surface area contributed by atoms with Crippen molar-refractivity contribution in [3.63, 3.8) is 0 Å². The molecule has 15 heavy (non-hydrogen) atoms. The highest BCUT2D eigenvalue weighted by atomic mass is 16.2. The number of hydrogen-bond acceptors (Lipinski definition) is 4. The van der Waals surface area contributed by atoms with Gasteiger partial charge in [0, 0.05) is 20.5 Å². The summed E-state index contributed by atoms with van der Waals surface area (Å²) in [6.07, 6.45) is 1.94. The van der Waals surface area contributed by atoms with Crippen LogP contribution < -0.4 is 5.32 Å². The summed E-state index contributed by atoms with van der Waals surface area (Å²) in [5.41, 5.74) is -0.410. The van der Waals surface area contributed by atoms with Crippen LogP contribution in [0, 0.1) is 5.41 Å². The third-order valence-electron chi connectivity index (χ3n) is 3.33. The molecule has 1 spiro atoms. The molecule has 0 radical (unpaired) electrons. The van der Waals surface area contributed by atoms with Crippen LogP contribution in [0.2, 0.25) is 0 Å². The van der Waals surface area contributed by atoms with Gasteiger partial charge < -0.3 is 5.32 Å². The van der Waals surface area contributed by atoms with E-state index in [1.165, 1.54) is 5.01 Å². The number of hydrazine groups is 1. The molecule has 2 fully saturated rings. The quantitative estimate of drug-likeness (QED) is 0.599. The van der Waals surface area contributed by atoms with E-state index in [0.717, 1.165) is 25.9 Å². The van der Waals surface area contributed by atoms with Gasteiger partial charge in [-0.15, -0.1) is 0 Å². The fourth-order valence-corrected chi connectivity index (χ4v) is 2.48. The SMILES string of the molecule is CN(C)N1C(=O)CC2(CCNCC2)C1=O. The van der Waals surface area contributed by atoms with Crippen molar-refractivity contribution in [1.29, 1.82) is 0 Å². The van der Waals surface area contributed by atoms with Crippen molar-refractivity contribution < 1.29 is 9.59 Å². The normalized spacial score (nSPS) is 25.7. The van der Waals surface area contributed by atoms with E-state index in [-0.39, 0.29) is 11.8 Å². The zero-order valence-electron chi connectivity index (χ0n) is 9.25. The molecule has 2 rings (SSSR count). The molecule has 0 saturated carbocycles. The van der Waals surface area contributed by atoms with Crippen molar-refractivity contribution in [2.24, 2.45) is 5.41 Å². The van der Waals surface area contributed by atoms with E-state index < -0.39 is 5.41 Å². The number of rotatable bonds is 1. The van der Waals surface area contributed by atoms with Gasteiger partial charge in [-0.05, 0) is 25.9 Å². The maximum absolute atomic E-state index is 12.2. The van der Waals surface area contributed by atoms with Gasteiger partial charge in [-0.25, -0.2) is 10.0 Å². The predicted octanol–water partition coefficient (Wildman–Crippen LogP) is -0.408. The molecule has 0 aromatic carbocycles. The lowest BCUT2D eigenvalue weighted by Crippen LogP contribution is -2.47. The maximum Gasteiger partial charge on any atom is 0.250 e. The number of piperidine rings is 1. The molecule has 0 unspecified atom stereocenters. The Morgan fingerprint density at radius 2 is 1.87 bits per heavy atom. The van der Waals surface area contributed by atoms with Crippen LogP contribution in [-0.2, 0) is 9.59 Å². The Hall–Kier alpha value is -0.940. The number of carbonyl (C=O) groups is 2. The van der Waals surface area contributed by atoms with Crippen LogP contribution in [0.15, 0.2) is 0 Å². The molecule has 5 nitrogen and oxygen atoms in total. The minimum Gasteiger partial charge on any atom is -0.317 e. The molecule has 0 atom stereocenters. The van der Waals surface area contributed by atoms with Gasteiger partial charge in [0.25, 0.3) is 5.91 Å². The van der Waals surface area contributed by atoms with Gasteiger partial charge in [-0.2, -0.15) is 0 Å². The molecule has 2 aliphatic rings. The van der Waals surface area contributed by atoms with E-state index >= 15 is 0 Å². The Morgan fingerprint density at radius 1 is 1.27 bits per heavy atom. The molecule has 5 heteroatoms. The van der Waals surface area contributed by atoms with Gasteiger partial charge in [-0.3, -0.25) is 9.59 Å². The van der Waals surface area contributed by atoms with Gasteiger partial charge in [0.2, 0.25) is 5.91 Å². The third-order valence-corrected chi connectivity index (χ3v) is 3.33. The van der Waals surface area contributed by atoms with Crippen molar-refractivity contribution in [1.82, 2.24) is 15.3 Å². The Bertz CT molecular complexity index is 295. The second kappa shape index (κ2) is 3.57. The average molecular weight is 211 g/mol. The van der Waals surface area contributed by atoms with Gasteiger partial charge in [-0.1, -0.05) is 0 Å². The average Bonchev–Trinajstić information content (AvgIpc) is 2.40. The van der Waals surface area contributed by atoms with Crippen LogP contribution in [0.1, 0.15) is 19.3 Å². The zero-order chi connectivity index (χ0) is 11.1. The topological polar surface area (TPSA) is 52.6 Å². The third kappa shape index (κ3) is 1.55. The number of carbonyl (C=O) groups excluding carboxylic acids is 2. The molecule has 0 aromatic heterocycles. The van der Waals surface area contributed by atoms with E-state index in [4.69, 9.17) is 0 Å². The minimum atomic E-state index is -0.410. The Kier molecular flexibility index (Phi) is 2.52. The highest BCUT2D eigenvalue weighted by Crippen LogP contribution is 2.40. The summed E-state index contributed by atoms with van der Waals surface area (Å²) in [6, 6.07) is 0. The van der Waals surface area contributed by atoms with Gasteiger partial charge >= 0.3 is 0 Å². The maximum atomic E-state index is 12.2. The lowest BCUT2D eigenvalue weighted by atomic mass is 9.77. The number of imide groups is 1. The monoisotopic (exact) mass is 211 g/mol. The molecule has 0 aliphatic carbocycles. The first kappa shape index (κ1) is 10.6. The van der Waals surface area contributed by atoms with Gasteiger partial charge in [0.15, 0.2) is 0 Å². The highest BCUT2D eigenvalue weighted by Gasteiger charge is 2.52. The molecule has 2 heterocycles. The van der Waals surface area contributed by atoms with E-state index in [2.05, 4.69) is 5.32 Å². The molecule has 0 aromatic rings. The first-order valence-corrected chi connectivity index (χ1v) is 5.32. The summed E-state index contributed by atoms with van der Waals surface area (Å²) in [4.78, 5) is 23.9. The van der Waals surface area contributed by atoms with Crippen LogP contribution in [-0.4, -0.2) is 49.0 Å². The summed E-state index contributed by atoms with van der Waals surface area (Å²) in [5.74, 6) is -0.0779. The largest absolute Gasteiger partial charge is 0.317 e. The molecule has 2 amide bonds. The van der Waals surface area contributed by atoms with E-state index in [9.17, 15) is 9.59 Å². The van der Waals surface area contributed by atoms with Crippen LogP contribution in [0.5, 0.6) is 0 Å². The van der Waals surface area contributed by atoms with Crippen molar-refractivity contribution >= 4 is 11.8 Å². The summed E-state index contributed by atoms with van der Waals surface area (Å²) in [7, 11) is 3.46. The molecule has 2 aliphatic heterocycles. The lowest BCUT2D eigenvalue weighted by molar-refractivity contribution is -0.156. The minimum absolute atomic E-state index is 0.0148. The lowest BCUT2D eigenvalue weighted by Gasteiger charge is -2.32. The van der Waals surface area contributed by atoms with E-state index in [0.29, 0.717) is 6.42 Å². The van der Waals surface area contributed by atoms with Crippen LogP contribution in [0.25, 0.3) is 0 Å². The van der Waals surface area contributed by atoms with Crippen molar-refractivity contribution in [2.45, 2.75) is 19.3 Å². The Balaban J connectivity index is 2.23. The smallest absolute Gasteiger partial charge is 0.250 e. The summed E-state index contributed by atoms with van der Waals surface area (Å²) in [5, 5.41) is 6.09. The highest BCUT2D eigenvalue weighted by molar-refractivity contribution is 6.05. The summed E-state index contributed by atoms with van der Waals surface area (Å²) in [6.45, 7) is 1.67. The van der Waals surface area contributed by atoms with Crippen molar-refractivity contribution in [2.75, 3.05) is 27.2 Å². The van der Waals surface area contributed by atoms with Crippen molar-refractivity contribution in [3.05, 3.63) is 0 Å². The molecule has 1 N–H and O–H groups in total. The summed E-state index contributed by atoms with van der Waals surface area (Å²) >= 11 is 0. The van der Waals surface area contributed by atoms with Crippen LogP contribution in [0.4, 0.5) is 0 Å². The van der Waals surface area contributed by atoms with Gasteiger partial charge in [0.05, 0.1) is 5.41 Å². The Morgan fingerprint density at radius 3 is 2.33 bits per heavy atom. The van der Waals surface area contributed by atoms with Crippen LogP contribution in [0.3, 0.4) is 0 Å². The predicted molar refractivity (Wildman–Crippen MR) is 54.7 cm³/mol. The molecule has 0 bridgehead atoms. The first-order chi connectivity index (χ1) is 7.07. The summed E-state index contributed by atoms with van der Waals surface area (Å²) < 4.78 is 0. The fraction of sp³-hybridized carbons (Fsp3) is 0.800. The van der Waals surface area contributed by atoms with E-state index in [1.54, 1.807) is 19.1 Å². The van der Waals surface area contributed by atoms with Crippen molar-refractivity contribution in [3.8, 4) is 0 Å². The molecular formula is C10H17N3O2.